The van der Waals surface area contributed by atoms with Crippen LogP contribution in [0.4, 0.5) is 5.69 Å². The van der Waals surface area contributed by atoms with Gasteiger partial charge in [0.1, 0.15) is 5.75 Å². The van der Waals surface area contributed by atoms with Crippen molar-refractivity contribution in [2.75, 3.05) is 11.9 Å². The Balaban J connectivity index is 1.63. The highest BCUT2D eigenvalue weighted by Crippen LogP contribution is 2.31. The second kappa shape index (κ2) is 7.50. The fourth-order valence-corrected chi connectivity index (χ4v) is 3.19. The van der Waals surface area contributed by atoms with Gasteiger partial charge in [0.05, 0.1) is 4.47 Å². The van der Waals surface area contributed by atoms with Crippen LogP contribution in [0.3, 0.4) is 0 Å². The van der Waals surface area contributed by atoms with Gasteiger partial charge in [-0.2, -0.15) is 0 Å². The topological polar surface area (TPSA) is 38.3 Å². The molecular weight excluding hydrogens is 390 g/mol. The number of rotatable bonds is 4. The van der Waals surface area contributed by atoms with Crippen LogP contribution < -0.4 is 10.1 Å². The number of carbonyl (C=O) groups excluding carboxylic acids is 1. The van der Waals surface area contributed by atoms with Crippen LogP contribution in [0.1, 0.15) is 26.3 Å². The number of nitrogens with one attached hydrogen (secondary N) is 1. The highest BCUT2D eigenvalue weighted by molar-refractivity contribution is 9.10. The van der Waals surface area contributed by atoms with Crippen molar-refractivity contribution in [3.8, 4) is 5.75 Å². The highest BCUT2D eigenvalue weighted by Gasteiger charge is 2.15. The third kappa shape index (κ3) is 4.44. The Morgan fingerprint density at radius 1 is 1.00 bits per heavy atom. The average molecular weight is 412 g/mol. The van der Waals surface area contributed by atoms with Gasteiger partial charge in [-0.25, -0.2) is 0 Å². The molecule has 1 amide bonds. The maximum Gasteiger partial charge on any atom is 0.262 e. The minimum atomic E-state index is -0.188. The summed E-state index contributed by atoms with van der Waals surface area (Å²) in [6.07, 6.45) is 0. The van der Waals surface area contributed by atoms with Crippen LogP contribution in [0.2, 0.25) is 0 Å². The van der Waals surface area contributed by atoms with E-state index in [4.69, 9.17) is 4.74 Å². The molecule has 1 N–H and O–H groups in total. The van der Waals surface area contributed by atoms with Crippen molar-refractivity contribution >= 4 is 38.3 Å². The summed E-state index contributed by atoms with van der Waals surface area (Å²) in [6, 6.07) is 19.9. The molecule has 3 aromatic rings. The van der Waals surface area contributed by atoms with Crippen LogP contribution in [0.25, 0.3) is 10.8 Å². The first kappa shape index (κ1) is 18.5. The maximum absolute atomic E-state index is 12.2. The molecule has 0 bridgehead atoms. The van der Waals surface area contributed by atoms with E-state index < -0.39 is 0 Å². The number of fused-ring (bicyclic) bond motifs is 1. The molecule has 0 aromatic heterocycles. The number of hydrogen-bond acceptors (Lipinski definition) is 2. The van der Waals surface area contributed by atoms with Gasteiger partial charge in [-0.1, -0.05) is 57.2 Å². The summed E-state index contributed by atoms with van der Waals surface area (Å²) in [7, 11) is 0. The molecule has 0 fully saturated rings. The van der Waals surface area contributed by atoms with Gasteiger partial charge >= 0.3 is 0 Å². The van der Waals surface area contributed by atoms with Crippen LogP contribution in [0.15, 0.2) is 65.1 Å². The van der Waals surface area contributed by atoms with E-state index in [0.29, 0.717) is 5.75 Å². The second-order valence-electron chi connectivity index (χ2n) is 7.29. The fraction of sp³-hybridized carbons (Fsp3) is 0.227. The van der Waals surface area contributed by atoms with Crippen LogP contribution >= 0.6 is 15.9 Å². The first-order valence-corrected chi connectivity index (χ1v) is 9.34. The Hall–Kier alpha value is -2.33. The van der Waals surface area contributed by atoms with E-state index in [1.54, 1.807) is 0 Å². The summed E-state index contributed by atoms with van der Waals surface area (Å²) < 4.78 is 6.52. The van der Waals surface area contributed by atoms with E-state index in [0.717, 1.165) is 20.9 Å². The Morgan fingerprint density at radius 2 is 1.73 bits per heavy atom. The van der Waals surface area contributed by atoms with Crippen molar-refractivity contribution in [3.63, 3.8) is 0 Å². The van der Waals surface area contributed by atoms with Gasteiger partial charge in [0, 0.05) is 5.69 Å². The van der Waals surface area contributed by atoms with Crippen molar-refractivity contribution in [2.45, 2.75) is 26.2 Å². The van der Waals surface area contributed by atoms with Gasteiger partial charge in [-0.3, -0.25) is 4.79 Å². The van der Waals surface area contributed by atoms with E-state index in [-0.39, 0.29) is 17.9 Å². The molecule has 0 saturated heterocycles. The standard InChI is InChI=1S/C22H22BrNO2/c1-22(2,3)17-9-11-20(19(23)13-17)26-14-21(25)24-18-10-8-15-6-4-5-7-16(15)12-18/h4-13H,14H2,1-3H3,(H,24,25). The molecule has 0 aliphatic carbocycles. The zero-order chi connectivity index (χ0) is 18.7. The zero-order valence-electron chi connectivity index (χ0n) is 15.2. The lowest BCUT2D eigenvalue weighted by molar-refractivity contribution is -0.118. The molecule has 0 saturated carbocycles. The smallest absolute Gasteiger partial charge is 0.262 e. The molecular formula is C22H22BrNO2. The molecule has 0 radical (unpaired) electrons. The number of benzene rings is 3. The number of carbonyl (C=O) groups is 1. The van der Waals surface area contributed by atoms with Crippen LogP contribution in [0.5, 0.6) is 5.75 Å². The third-order valence-corrected chi connectivity index (χ3v) is 4.81. The molecule has 3 aromatic carbocycles. The Bertz CT molecular complexity index is 944. The van der Waals surface area contributed by atoms with Crippen molar-refractivity contribution in [2.24, 2.45) is 0 Å². The van der Waals surface area contributed by atoms with Gasteiger partial charge in [0.25, 0.3) is 5.91 Å². The van der Waals surface area contributed by atoms with Gasteiger partial charge in [-0.05, 0) is 61.9 Å². The summed E-state index contributed by atoms with van der Waals surface area (Å²) in [5.41, 5.74) is 2.03. The van der Waals surface area contributed by atoms with E-state index in [1.807, 2.05) is 60.7 Å². The molecule has 26 heavy (non-hydrogen) atoms. The Labute approximate surface area is 162 Å². The largest absolute Gasteiger partial charge is 0.483 e. The normalized spacial score (nSPS) is 11.4. The zero-order valence-corrected chi connectivity index (χ0v) is 16.8. The average Bonchev–Trinajstić information content (AvgIpc) is 2.59. The molecule has 0 heterocycles. The summed E-state index contributed by atoms with van der Waals surface area (Å²) in [5.74, 6) is 0.471. The van der Waals surface area contributed by atoms with E-state index in [2.05, 4.69) is 42.0 Å². The van der Waals surface area contributed by atoms with Crippen molar-refractivity contribution in [3.05, 3.63) is 70.7 Å². The molecule has 0 aliphatic rings. The number of amides is 1. The monoisotopic (exact) mass is 411 g/mol. The molecule has 0 unspecified atom stereocenters. The Morgan fingerprint density at radius 3 is 2.42 bits per heavy atom. The van der Waals surface area contributed by atoms with Crippen molar-refractivity contribution < 1.29 is 9.53 Å². The molecule has 3 rings (SSSR count). The first-order valence-electron chi connectivity index (χ1n) is 8.54. The van der Waals surface area contributed by atoms with E-state index >= 15 is 0 Å². The number of anilines is 1. The molecule has 3 nitrogen and oxygen atoms in total. The molecule has 4 heteroatoms. The first-order chi connectivity index (χ1) is 12.3. The Kier molecular flexibility index (Phi) is 5.33. The van der Waals surface area contributed by atoms with Gasteiger partial charge in [-0.15, -0.1) is 0 Å². The number of halogens is 1. The maximum atomic E-state index is 12.2. The SMILES string of the molecule is CC(C)(C)c1ccc(OCC(=O)Nc2ccc3ccccc3c2)c(Br)c1. The predicted molar refractivity (Wildman–Crippen MR) is 111 cm³/mol. The van der Waals surface area contributed by atoms with Gasteiger partial charge < -0.3 is 10.1 Å². The number of ether oxygens (including phenoxy) is 1. The van der Waals surface area contributed by atoms with Crippen molar-refractivity contribution in [1.29, 1.82) is 0 Å². The molecule has 0 aliphatic heterocycles. The van der Waals surface area contributed by atoms with E-state index in [1.165, 1.54) is 5.56 Å². The minimum Gasteiger partial charge on any atom is -0.483 e. The summed E-state index contributed by atoms with van der Waals surface area (Å²) in [5, 5.41) is 5.11. The molecule has 0 spiro atoms. The second-order valence-corrected chi connectivity index (χ2v) is 8.15. The third-order valence-electron chi connectivity index (χ3n) is 4.19. The fourth-order valence-electron chi connectivity index (χ4n) is 2.69. The van der Waals surface area contributed by atoms with Gasteiger partial charge in [0.2, 0.25) is 0 Å². The molecule has 0 atom stereocenters. The lowest BCUT2D eigenvalue weighted by atomic mass is 9.87. The predicted octanol–water partition coefficient (Wildman–Crippen LogP) is 5.92. The highest BCUT2D eigenvalue weighted by atomic mass is 79.9. The quantitative estimate of drug-likeness (QED) is 0.578. The van der Waals surface area contributed by atoms with Crippen LogP contribution in [0, 0.1) is 0 Å². The lowest BCUT2D eigenvalue weighted by Gasteiger charge is -2.20. The summed E-state index contributed by atoms with van der Waals surface area (Å²) >= 11 is 3.53. The summed E-state index contributed by atoms with van der Waals surface area (Å²) in [6.45, 7) is 6.44. The van der Waals surface area contributed by atoms with Crippen LogP contribution in [-0.2, 0) is 10.2 Å². The van der Waals surface area contributed by atoms with Crippen LogP contribution in [-0.4, -0.2) is 12.5 Å². The number of hydrogen-bond donors (Lipinski definition) is 1. The van der Waals surface area contributed by atoms with Gasteiger partial charge in [0.15, 0.2) is 6.61 Å². The lowest BCUT2D eigenvalue weighted by Crippen LogP contribution is -2.20. The van der Waals surface area contributed by atoms with E-state index in [9.17, 15) is 4.79 Å². The minimum absolute atomic E-state index is 0.0414. The van der Waals surface area contributed by atoms with Crippen molar-refractivity contribution in [1.82, 2.24) is 0 Å². The molecule has 134 valence electrons. The summed E-state index contributed by atoms with van der Waals surface area (Å²) in [4.78, 5) is 12.2.